The standard InChI is InChI=1S/C17H28ClN3O/c1-4-21(5-2)16(14-8-6-7-9-15(14)18)12-20-17(22)11-10-13(3)19/h6-9,13,16H,4-5,10-12,19H2,1-3H3,(H,20,22). The fourth-order valence-electron chi connectivity index (χ4n) is 2.50. The van der Waals surface area contributed by atoms with Crippen LogP contribution < -0.4 is 11.1 Å². The summed E-state index contributed by atoms with van der Waals surface area (Å²) in [5.41, 5.74) is 6.75. The van der Waals surface area contributed by atoms with E-state index in [-0.39, 0.29) is 18.0 Å². The minimum Gasteiger partial charge on any atom is -0.354 e. The first kappa shape index (κ1) is 18.9. The van der Waals surface area contributed by atoms with Gasteiger partial charge in [-0.05, 0) is 38.1 Å². The van der Waals surface area contributed by atoms with Crippen LogP contribution in [0.3, 0.4) is 0 Å². The van der Waals surface area contributed by atoms with E-state index in [4.69, 9.17) is 17.3 Å². The fraction of sp³-hybridized carbons (Fsp3) is 0.588. The van der Waals surface area contributed by atoms with E-state index in [1.807, 2.05) is 31.2 Å². The van der Waals surface area contributed by atoms with Crippen LogP contribution in [0, 0.1) is 0 Å². The smallest absolute Gasteiger partial charge is 0.220 e. The minimum absolute atomic E-state index is 0.0431. The molecule has 0 fully saturated rings. The van der Waals surface area contributed by atoms with Gasteiger partial charge < -0.3 is 11.1 Å². The second-order valence-corrected chi connectivity index (χ2v) is 5.99. The molecule has 0 aromatic heterocycles. The minimum atomic E-state index is 0.0431. The van der Waals surface area contributed by atoms with Gasteiger partial charge in [0.05, 0.1) is 6.04 Å². The van der Waals surface area contributed by atoms with Crippen molar-refractivity contribution in [2.45, 2.75) is 45.7 Å². The van der Waals surface area contributed by atoms with Crippen LogP contribution in [-0.2, 0) is 4.79 Å². The lowest BCUT2D eigenvalue weighted by molar-refractivity contribution is -0.121. The molecule has 4 nitrogen and oxygen atoms in total. The summed E-state index contributed by atoms with van der Waals surface area (Å²) >= 11 is 6.34. The monoisotopic (exact) mass is 325 g/mol. The number of nitrogens with one attached hydrogen (secondary N) is 1. The molecule has 0 aliphatic rings. The van der Waals surface area contributed by atoms with Gasteiger partial charge in [-0.15, -0.1) is 0 Å². The molecule has 1 amide bonds. The van der Waals surface area contributed by atoms with Crippen molar-refractivity contribution in [1.82, 2.24) is 10.2 Å². The van der Waals surface area contributed by atoms with Crippen molar-refractivity contribution in [3.8, 4) is 0 Å². The highest BCUT2D eigenvalue weighted by atomic mass is 35.5. The van der Waals surface area contributed by atoms with E-state index < -0.39 is 0 Å². The van der Waals surface area contributed by atoms with Crippen LogP contribution in [-0.4, -0.2) is 36.5 Å². The molecule has 22 heavy (non-hydrogen) atoms. The molecule has 0 saturated heterocycles. The number of carbonyl (C=O) groups is 1. The molecule has 2 unspecified atom stereocenters. The van der Waals surface area contributed by atoms with Crippen molar-refractivity contribution < 1.29 is 4.79 Å². The van der Waals surface area contributed by atoms with Gasteiger partial charge in [0.15, 0.2) is 0 Å². The lowest BCUT2D eigenvalue weighted by Gasteiger charge is -2.31. The first-order valence-electron chi connectivity index (χ1n) is 8.00. The molecule has 0 radical (unpaired) electrons. The number of carbonyl (C=O) groups excluding carboxylic acids is 1. The summed E-state index contributed by atoms with van der Waals surface area (Å²) in [6.07, 6.45) is 1.17. The number of likely N-dealkylation sites (N-methyl/N-ethyl adjacent to an activating group) is 1. The van der Waals surface area contributed by atoms with Gasteiger partial charge in [0, 0.05) is 24.0 Å². The molecule has 0 saturated carbocycles. The Morgan fingerprint density at radius 1 is 1.32 bits per heavy atom. The quantitative estimate of drug-likeness (QED) is 0.734. The van der Waals surface area contributed by atoms with Crippen LogP contribution in [0.25, 0.3) is 0 Å². The molecule has 0 spiro atoms. The normalized spacial score (nSPS) is 13.9. The van der Waals surface area contributed by atoms with Crippen molar-refractivity contribution >= 4 is 17.5 Å². The Bertz CT molecular complexity index is 461. The summed E-state index contributed by atoms with van der Waals surface area (Å²) in [6, 6.07) is 7.96. The third kappa shape index (κ3) is 5.95. The van der Waals surface area contributed by atoms with Crippen molar-refractivity contribution in [3.05, 3.63) is 34.9 Å². The maximum atomic E-state index is 11.9. The molecule has 3 N–H and O–H groups in total. The Morgan fingerprint density at radius 2 is 1.95 bits per heavy atom. The largest absolute Gasteiger partial charge is 0.354 e. The first-order valence-corrected chi connectivity index (χ1v) is 8.38. The van der Waals surface area contributed by atoms with Crippen LogP contribution in [0.5, 0.6) is 0 Å². The SMILES string of the molecule is CCN(CC)C(CNC(=O)CCC(C)N)c1ccccc1Cl. The summed E-state index contributed by atoms with van der Waals surface area (Å²) in [7, 11) is 0. The first-order chi connectivity index (χ1) is 10.5. The molecular weight excluding hydrogens is 298 g/mol. The van der Waals surface area contributed by atoms with E-state index in [2.05, 4.69) is 24.1 Å². The molecule has 5 heteroatoms. The number of hydrogen-bond acceptors (Lipinski definition) is 3. The van der Waals surface area contributed by atoms with E-state index in [1.54, 1.807) is 0 Å². The molecular formula is C17H28ClN3O. The van der Waals surface area contributed by atoms with Crippen molar-refractivity contribution in [2.24, 2.45) is 5.73 Å². The van der Waals surface area contributed by atoms with Crippen LogP contribution in [0.15, 0.2) is 24.3 Å². The van der Waals surface area contributed by atoms with E-state index in [1.165, 1.54) is 0 Å². The van der Waals surface area contributed by atoms with Crippen LogP contribution in [0.1, 0.15) is 45.2 Å². The Hall–Kier alpha value is -1.10. The van der Waals surface area contributed by atoms with E-state index in [9.17, 15) is 4.79 Å². The zero-order valence-electron chi connectivity index (χ0n) is 13.8. The molecule has 0 aliphatic heterocycles. The van der Waals surface area contributed by atoms with Crippen LogP contribution in [0.4, 0.5) is 0 Å². The van der Waals surface area contributed by atoms with Gasteiger partial charge in [0.2, 0.25) is 5.91 Å². The van der Waals surface area contributed by atoms with Crippen LogP contribution in [0.2, 0.25) is 5.02 Å². The van der Waals surface area contributed by atoms with E-state index in [0.29, 0.717) is 19.4 Å². The van der Waals surface area contributed by atoms with Gasteiger partial charge in [-0.25, -0.2) is 0 Å². The summed E-state index contributed by atoms with van der Waals surface area (Å²) < 4.78 is 0. The maximum Gasteiger partial charge on any atom is 0.220 e. The third-order valence-corrected chi connectivity index (χ3v) is 4.18. The second kappa shape index (κ2) is 9.82. The topological polar surface area (TPSA) is 58.4 Å². The summed E-state index contributed by atoms with van der Waals surface area (Å²) in [5, 5.41) is 3.76. The second-order valence-electron chi connectivity index (χ2n) is 5.58. The van der Waals surface area contributed by atoms with Crippen molar-refractivity contribution in [3.63, 3.8) is 0 Å². The maximum absolute atomic E-state index is 11.9. The number of nitrogens with zero attached hydrogens (tertiary/aromatic N) is 1. The number of benzene rings is 1. The third-order valence-electron chi connectivity index (χ3n) is 3.84. The lowest BCUT2D eigenvalue weighted by atomic mass is 10.0. The zero-order valence-corrected chi connectivity index (χ0v) is 14.6. The van der Waals surface area contributed by atoms with Gasteiger partial charge in [0.25, 0.3) is 0 Å². The zero-order chi connectivity index (χ0) is 16.5. The summed E-state index contributed by atoms with van der Waals surface area (Å²) in [6.45, 7) is 8.51. The summed E-state index contributed by atoms with van der Waals surface area (Å²) in [4.78, 5) is 14.2. The van der Waals surface area contributed by atoms with Crippen molar-refractivity contribution in [2.75, 3.05) is 19.6 Å². The van der Waals surface area contributed by atoms with Gasteiger partial charge in [-0.3, -0.25) is 9.69 Å². The molecule has 2 atom stereocenters. The average Bonchev–Trinajstić information content (AvgIpc) is 2.50. The molecule has 0 heterocycles. The number of nitrogens with two attached hydrogens (primary N) is 1. The van der Waals surface area contributed by atoms with E-state index in [0.717, 1.165) is 23.7 Å². The summed E-state index contributed by atoms with van der Waals surface area (Å²) in [5.74, 6) is 0.0431. The number of rotatable bonds is 9. The van der Waals surface area contributed by atoms with Gasteiger partial charge >= 0.3 is 0 Å². The Labute approximate surface area is 139 Å². The Morgan fingerprint density at radius 3 is 2.50 bits per heavy atom. The fourth-order valence-corrected chi connectivity index (χ4v) is 2.76. The highest BCUT2D eigenvalue weighted by molar-refractivity contribution is 6.31. The van der Waals surface area contributed by atoms with Gasteiger partial charge in [-0.2, -0.15) is 0 Å². The van der Waals surface area contributed by atoms with Gasteiger partial charge in [0.1, 0.15) is 0 Å². The molecule has 1 aromatic rings. The highest BCUT2D eigenvalue weighted by Gasteiger charge is 2.20. The molecule has 0 aliphatic carbocycles. The number of hydrogen-bond donors (Lipinski definition) is 2. The molecule has 1 rings (SSSR count). The molecule has 0 bridgehead atoms. The Kier molecular flexibility index (Phi) is 8.46. The molecule has 124 valence electrons. The predicted octanol–water partition coefficient (Wildman–Crippen LogP) is 2.97. The lowest BCUT2D eigenvalue weighted by Crippen LogP contribution is -2.38. The number of halogens is 1. The van der Waals surface area contributed by atoms with Crippen molar-refractivity contribution in [1.29, 1.82) is 0 Å². The van der Waals surface area contributed by atoms with Crippen LogP contribution >= 0.6 is 11.6 Å². The predicted molar refractivity (Wildman–Crippen MR) is 93.0 cm³/mol. The van der Waals surface area contributed by atoms with E-state index >= 15 is 0 Å². The molecule has 1 aromatic carbocycles. The number of amides is 1. The highest BCUT2D eigenvalue weighted by Crippen LogP contribution is 2.26. The average molecular weight is 326 g/mol. The Balaban J connectivity index is 2.76. The van der Waals surface area contributed by atoms with Gasteiger partial charge in [-0.1, -0.05) is 43.6 Å².